The van der Waals surface area contributed by atoms with Gasteiger partial charge in [-0.05, 0) is 19.8 Å². The van der Waals surface area contributed by atoms with Crippen LogP contribution in [-0.2, 0) is 4.74 Å². The third kappa shape index (κ3) is 7.70. The van der Waals surface area contributed by atoms with Gasteiger partial charge in [0.05, 0.1) is 6.61 Å². The lowest BCUT2D eigenvalue weighted by Gasteiger charge is -1.96. The molecule has 0 aliphatic rings. The summed E-state index contributed by atoms with van der Waals surface area (Å²) in [5, 5.41) is 0. The molecule has 0 bridgehead atoms. The molecule has 0 heterocycles. The van der Waals surface area contributed by atoms with Crippen LogP contribution in [0.15, 0.2) is 12.2 Å². The minimum atomic E-state index is 0.873. The molecular formula is C8H16O. The molecule has 0 aromatic heterocycles. The monoisotopic (exact) mass is 128 g/mol. The Labute approximate surface area is 57.7 Å². The van der Waals surface area contributed by atoms with Crippen molar-refractivity contribution in [3.05, 3.63) is 12.2 Å². The zero-order valence-corrected chi connectivity index (χ0v) is 6.39. The number of ether oxygens (including phenoxy) is 1. The van der Waals surface area contributed by atoms with Crippen molar-refractivity contribution in [3.8, 4) is 0 Å². The Morgan fingerprint density at radius 1 is 1.33 bits per heavy atom. The van der Waals surface area contributed by atoms with Crippen LogP contribution in [-0.4, -0.2) is 13.2 Å². The standard InChI is InChI=1S/C8H16O/c1-3-5-6-8-9-7-4-2/h3,5H,4,6-8H2,1-2H3/b5-3+. The van der Waals surface area contributed by atoms with Gasteiger partial charge in [0.2, 0.25) is 0 Å². The van der Waals surface area contributed by atoms with Crippen LogP contribution >= 0.6 is 0 Å². The Kier molecular flexibility index (Phi) is 7.44. The topological polar surface area (TPSA) is 9.23 Å². The van der Waals surface area contributed by atoms with E-state index in [0.29, 0.717) is 0 Å². The molecule has 9 heavy (non-hydrogen) atoms. The van der Waals surface area contributed by atoms with E-state index in [1.165, 1.54) is 0 Å². The zero-order chi connectivity index (χ0) is 6.95. The second-order valence-electron chi connectivity index (χ2n) is 1.97. The van der Waals surface area contributed by atoms with Crippen LogP contribution in [0.25, 0.3) is 0 Å². The lowest BCUT2D eigenvalue weighted by Crippen LogP contribution is -1.93. The molecule has 0 amide bonds. The van der Waals surface area contributed by atoms with Gasteiger partial charge >= 0.3 is 0 Å². The third-order valence-electron chi connectivity index (χ3n) is 1.01. The van der Waals surface area contributed by atoms with E-state index in [2.05, 4.69) is 19.1 Å². The van der Waals surface area contributed by atoms with Crippen molar-refractivity contribution in [2.45, 2.75) is 26.7 Å². The van der Waals surface area contributed by atoms with Crippen LogP contribution in [0.5, 0.6) is 0 Å². The molecule has 0 unspecified atom stereocenters. The molecule has 1 heteroatoms. The van der Waals surface area contributed by atoms with Crippen LogP contribution < -0.4 is 0 Å². The quantitative estimate of drug-likeness (QED) is 0.408. The van der Waals surface area contributed by atoms with Crippen molar-refractivity contribution in [2.24, 2.45) is 0 Å². The van der Waals surface area contributed by atoms with E-state index in [1.54, 1.807) is 0 Å². The van der Waals surface area contributed by atoms with Gasteiger partial charge in [-0.2, -0.15) is 0 Å². The highest BCUT2D eigenvalue weighted by atomic mass is 16.5. The SMILES string of the molecule is C/C=C/CCOCCC. The summed E-state index contributed by atoms with van der Waals surface area (Å²) in [7, 11) is 0. The second kappa shape index (κ2) is 7.70. The van der Waals surface area contributed by atoms with Gasteiger partial charge in [0.15, 0.2) is 0 Å². The average molecular weight is 128 g/mol. The molecule has 0 fully saturated rings. The smallest absolute Gasteiger partial charge is 0.0500 e. The second-order valence-corrected chi connectivity index (χ2v) is 1.97. The van der Waals surface area contributed by atoms with Crippen LogP contribution in [0, 0.1) is 0 Å². The van der Waals surface area contributed by atoms with Crippen molar-refractivity contribution >= 4 is 0 Å². The molecule has 0 saturated heterocycles. The lowest BCUT2D eigenvalue weighted by atomic mass is 10.4. The first kappa shape index (κ1) is 8.70. The van der Waals surface area contributed by atoms with E-state index < -0.39 is 0 Å². The highest BCUT2D eigenvalue weighted by Crippen LogP contribution is 1.86. The third-order valence-corrected chi connectivity index (χ3v) is 1.01. The van der Waals surface area contributed by atoms with Gasteiger partial charge in [0.1, 0.15) is 0 Å². The molecule has 0 N–H and O–H groups in total. The Hall–Kier alpha value is -0.300. The summed E-state index contributed by atoms with van der Waals surface area (Å²) in [5.41, 5.74) is 0. The Bertz CT molecular complexity index is 67.0. The molecule has 0 aromatic rings. The fourth-order valence-electron chi connectivity index (χ4n) is 0.564. The summed E-state index contributed by atoms with van der Waals surface area (Å²) < 4.78 is 5.23. The summed E-state index contributed by atoms with van der Waals surface area (Å²) in [4.78, 5) is 0. The number of allylic oxidation sites excluding steroid dienone is 1. The van der Waals surface area contributed by atoms with E-state index in [9.17, 15) is 0 Å². The minimum absolute atomic E-state index is 0.873. The predicted octanol–water partition coefficient (Wildman–Crippen LogP) is 2.38. The van der Waals surface area contributed by atoms with Crippen molar-refractivity contribution < 1.29 is 4.74 Å². The molecule has 0 aliphatic heterocycles. The van der Waals surface area contributed by atoms with Gasteiger partial charge < -0.3 is 4.74 Å². The largest absolute Gasteiger partial charge is 0.381 e. The maximum absolute atomic E-state index is 5.23. The molecule has 54 valence electrons. The number of rotatable bonds is 5. The van der Waals surface area contributed by atoms with Crippen LogP contribution in [0.4, 0.5) is 0 Å². The van der Waals surface area contributed by atoms with Crippen LogP contribution in [0.3, 0.4) is 0 Å². The summed E-state index contributed by atoms with van der Waals surface area (Å²) in [6.45, 7) is 5.92. The van der Waals surface area contributed by atoms with Gasteiger partial charge in [0.25, 0.3) is 0 Å². The molecule has 0 aliphatic carbocycles. The molecule has 0 saturated carbocycles. The first-order valence-electron chi connectivity index (χ1n) is 3.60. The molecule has 0 radical (unpaired) electrons. The number of hydrogen-bond donors (Lipinski definition) is 0. The van der Waals surface area contributed by atoms with E-state index in [4.69, 9.17) is 4.74 Å². The van der Waals surface area contributed by atoms with E-state index in [0.717, 1.165) is 26.1 Å². The fourth-order valence-corrected chi connectivity index (χ4v) is 0.564. The lowest BCUT2D eigenvalue weighted by molar-refractivity contribution is 0.139. The highest BCUT2D eigenvalue weighted by molar-refractivity contribution is 4.75. The first-order valence-corrected chi connectivity index (χ1v) is 3.60. The average Bonchev–Trinajstić information content (AvgIpc) is 1.89. The molecule has 0 spiro atoms. The maximum atomic E-state index is 5.23. The minimum Gasteiger partial charge on any atom is -0.381 e. The Morgan fingerprint density at radius 3 is 2.67 bits per heavy atom. The van der Waals surface area contributed by atoms with Gasteiger partial charge in [-0.15, -0.1) is 0 Å². The normalized spacial score (nSPS) is 10.9. The zero-order valence-electron chi connectivity index (χ0n) is 6.39. The summed E-state index contributed by atoms with van der Waals surface area (Å²) in [5.74, 6) is 0. The van der Waals surface area contributed by atoms with Gasteiger partial charge in [-0.25, -0.2) is 0 Å². The van der Waals surface area contributed by atoms with Crippen LogP contribution in [0.1, 0.15) is 26.7 Å². The van der Waals surface area contributed by atoms with E-state index >= 15 is 0 Å². The molecule has 1 nitrogen and oxygen atoms in total. The van der Waals surface area contributed by atoms with E-state index in [-0.39, 0.29) is 0 Å². The summed E-state index contributed by atoms with van der Waals surface area (Å²) in [6.07, 6.45) is 6.34. The summed E-state index contributed by atoms with van der Waals surface area (Å²) >= 11 is 0. The first-order chi connectivity index (χ1) is 4.41. The number of hydrogen-bond acceptors (Lipinski definition) is 1. The molecule has 0 atom stereocenters. The highest BCUT2D eigenvalue weighted by Gasteiger charge is 1.80. The van der Waals surface area contributed by atoms with Crippen LogP contribution in [0.2, 0.25) is 0 Å². The maximum Gasteiger partial charge on any atom is 0.0500 e. The summed E-state index contributed by atoms with van der Waals surface area (Å²) in [6, 6.07) is 0. The van der Waals surface area contributed by atoms with Crippen molar-refractivity contribution in [2.75, 3.05) is 13.2 Å². The van der Waals surface area contributed by atoms with E-state index in [1.807, 2.05) is 6.92 Å². The Balaban J connectivity index is 2.75. The van der Waals surface area contributed by atoms with Gasteiger partial charge in [-0.3, -0.25) is 0 Å². The molecular weight excluding hydrogens is 112 g/mol. The van der Waals surface area contributed by atoms with Gasteiger partial charge in [0, 0.05) is 6.61 Å². The molecule has 0 aromatic carbocycles. The Morgan fingerprint density at radius 2 is 2.11 bits per heavy atom. The predicted molar refractivity (Wildman–Crippen MR) is 40.5 cm³/mol. The van der Waals surface area contributed by atoms with Crippen molar-refractivity contribution in [1.29, 1.82) is 0 Å². The van der Waals surface area contributed by atoms with Gasteiger partial charge in [-0.1, -0.05) is 19.1 Å². The molecule has 0 rings (SSSR count). The van der Waals surface area contributed by atoms with Crippen molar-refractivity contribution in [3.63, 3.8) is 0 Å². The fraction of sp³-hybridized carbons (Fsp3) is 0.750. The van der Waals surface area contributed by atoms with Crippen molar-refractivity contribution in [1.82, 2.24) is 0 Å².